The average molecular weight is 1530 g/mol. The first-order chi connectivity index (χ1) is 59.1. The van der Waals surface area contributed by atoms with E-state index in [0.29, 0.717) is 0 Å². The fourth-order valence-corrected chi connectivity index (χ4v) is 20.8. The Bertz CT molecular complexity index is 7490. The molecule has 21 aromatic rings. The van der Waals surface area contributed by atoms with Gasteiger partial charge in [0.15, 0.2) is 0 Å². The van der Waals surface area contributed by atoms with E-state index in [0.717, 1.165) is 39.8 Å². The van der Waals surface area contributed by atoms with Gasteiger partial charge in [-0.25, -0.2) is 0 Å². The van der Waals surface area contributed by atoms with Gasteiger partial charge in [0.05, 0.1) is 38.5 Å². The molecule has 18 aromatic carbocycles. The molecule has 0 atom stereocenters. The van der Waals surface area contributed by atoms with Crippen molar-refractivity contribution in [2.24, 2.45) is 0 Å². The Kier molecular flexibility index (Phi) is 16.2. The summed E-state index contributed by atoms with van der Waals surface area (Å²) in [5, 5.41) is 7.58. The normalized spacial score (nSPS) is 13.5. The molecule has 0 amide bonds. The molecule has 5 nitrogen and oxygen atoms in total. The molecular weight excluding hydrogens is 1450 g/mol. The maximum absolute atomic E-state index is 2.47. The highest BCUT2D eigenvalue weighted by molar-refractivity contribution is 6.13. The Balaban J connectivity index is 0.000000140. The van der Waals surface area contributed by atoms with Crippen LogP contribution in [-0.2, 0) is 16.2 Å². The minimum atomic E-state index is -0.484. The molecule has 0 unspecified atom stereocenters. The Labute approximate surface area is 699 Å². The number of anilines is 6. The van der Waals surface area contributed by atoms with Crippen LogP contribution in [0.2, 0.25) is 0 Å². The first-order valence-corrected chi connectivity index (χ1v) is 41.9. The average Bonchev–Trinajstić information content (AvgIpc) is 1.44. The van der Waals surface area contributed by atoms with E-state index in [-0.39, 0.29) is 10.8 Å². The summed E-state index contributed by atoms with van der Waals surface area (Å²) in [6.45, 7) is 9.57. The summed E-state index contributed by atoms with van der Waals surface area (Å²) in [5.41, 5.74) is 37.4. The summed E-state index contributed by atoms with van der Waals surface area (Å²) >= 11 is 0. The van der Waals surface area contributed by atoms with Crippen molar-refractivity contribution in [2.75, 3.05) is 9.80 Å². The Morgan fingerprint density at radius 1 is 0.183 bits per heavy atom. The second-order valence-electron chi connectivity index (χ2n) is 33.5. The van der Waals surface area contributed by atoms with Gasteiger partial charge in [0.1, 0.15) is 0 Å². The maximum Gasteiger partial charge on any atom is 0.0714 e. The summed E-state index contributed by atoms with van der Waals surface area (Å²) in [4.78, 5) is 4.89. The lowest BCUT2D eigenvalue weighted by Gasteiger charge is -2.35. The summed E-state index contributed by atoms with van der Waals surface area (Å²) in [5.74, 6) is 0. The molecule has 3 aliphatic carbocycles. The van der Waals surface area contributed by atoms with E-state index in [1.165, 1.54) is 166 Å². The van der Waals surface area contributed by atoms with Gasteiger partial charge in [0.25, 0.3) is 0 Å². The number of nitrogens with zero attached hydrogens (tertiary/aromatic N) is 5. The summed E-state index contributed by atoms with van der Waals surface area (Å²) in [7, 11) is 0. The van der Waals surface area contributed by atoms with Crippen LogP contribution in [0.1, 0.15) is 72.2 Å². The molecule has 0 spiro atoms. The summed E-state index contributed by atoms with van der Waals surface area (Å²) < 4.78 is 7.25. The lowest BCUT2D eigenvalue weighted by atomic mass is 9.67. The molecule has 0 fully saturated rings. The van der Waals surface area contributed by atoms with E-state index in [2.05, 4.69) is 482 Å². The second kappa shape index (κ2) is 27.6. The van der Waals surface area contributed by atoms with Crippen LogP contribution in [0.5, 0.6) is 0 Å². The molecule has 568 valence electrons. The zero-order valence-electron chi connectivity index (χ0n) is 67.2. The molecule has 120 heavy (non-hydrogen) atoms. The standard InChI is InChI=1S/C58H42N2.C57H41N3/c1-57(2)52-36-42(30-33-46(52)47-34-32-44(37-53(47)57)60-55-28-16-13-25-49(55)50-26-14-17-29-56(50)60)59(41-22-10-5-11-23-41)43-31-35-48-45-24-12-15-27-51(45)58(54(48)38-43,39-18-6-3-7-19-39)40-20-8-4-9-21-40;1-57(2)51-36-43(29-32-45(51)46-33-30-44(37-52(46)57)60-53-22-12-9-19-47(53)48-20-10-13-23-54(48)60)58(41-27-25-39(26-28-41)38-15-5-3-6-16-38)42-31-34-56-50(35-42)49-21-11-14-24-55(49)59(56)40-17-7-4-8-18-40/h3-38H,1-2H3;3-37H,1-2H3. The molecule has 0 aliphatic heterocycles. The number of rotatable bonds is 12. The molecule has 3 aromatic heterocycles. The van der Waals surface area contributed by atoms with Crippen molar-refractivity contribution >= 4 is 99.5 Å². The minimum Gasteiger partial charge on any atom is -0.310 e. The fraction of sp³-hybridized carbons (Fsp3) is 0.0609. The molecule has 0 bridgehead atoms. The third kappa shape index (κ3) is 10.8. The van der Waals surface area contributed by atoms with Crippen molar-refractivity contribution in [3.05, 3.63) is 475 Å². The quantitative estimate of drug-likeness (QED) is 0.122. The van der Waals surface area contributed by atoms with E-state index < -0.39 is 5.41 Å². The number of para-hydroxylation sites is 7. The molecule has 0 radical (unpaired) electrons. The van der Waals surface area contributed by atoms with Crippen LogP contribution < -0.4 is 9.80 Å². The summed E-state index contributed by atoms with van der Waals surface area (Å²) in [6.07, 6.45) is 0. The van der Waals surface area contributed by atoms with Crippen molar-refractivity contribution < 1.29 is 0 Å². The number of hydrogen-bond donors (Lipinski definition) is 0. The number of aromatic nitrogens is 3. The third-order valence-corrected chi connectivity index (χ3v) is 26.4. The van der Waals surface area contributed by atoms with E-state index in [1.54, 1.807) is 0 Å². The maximum atomic E-state index is 2.47. The Morgan fingerprint density at radius 2 is 0.475 bits per heavy atom. The van der Waals surface area contributed by atoms with Crippen molar-refractivity contribution in [3.8, 4) is 61.6 Å². The minimum absolute atomic E-state index is 0.229. The predicted octanol–water partition coefficient (Wildman–Crippen LogP) is 30.2. The molecular formula is C115H83N5. The highest BCUT2D eigenvalue weighted by Crippen LogP contribution is 2.59. The second-order valence-corrected chi connectivity index (χ2v) is 33.5. The van der Waals surface area contributed by atoms with Gasteiger partial charge in [-0.15, -0.1) is 0 Å². The van der Waals surface area contributed by atoms with Crippen LogP contribution >= 0.6 is 0 Å². The highest BCUT2D eigenvalue weighted by atomic mass is 15.2. The zero-order valence-corrected chi connectivity index (χ0v) is 67.2. The van der Waals surface area contributed by atoms with Crippen LogP contribution in [-0.4, -0.2) is 13.7 Å². The van der Waals surface area contributed by atoms with Crippen LogP contribution in [0.4, 0.5) is 34.1 Å². The first kappa shape index (κ1) is 70.4. The van der Waals surface area contributed by atoms with Gasteiger partial charge in [-0.05, 0) is 235 Å². The van der Waals surface area contributed by atoms with Gasteiger partial charge >= 0.3 is 0 Å². The van der Waals surface area contributed by atoms with Crippen molar-refractivity contribution in [1.82, 2.24) is 13.7 Å². The van der Waals surface area contributed by atoms with Crippen molar-refractivity contribution in [1.29, 1.82) is 0 Å². The molecule has 0 saturated carbocycles. The first-order valence-electron chi connectivity index (χ1n) is 41.9. The number of hydrogen-bond acceptors (Lipinski definition) is 2. The van der Waals surface area contributed by atoms with E-state index in [1.807, 2.05) is 0 Å². The van der Waals surface area contributed by atoms with Crippen LogP contribution in [0.15, 0.2) is 431 Å². The van der Waals surface area contributed by atoms with Crippen LogP contribution in [0.25, 0.3) is 127 Å². The largest absolute Gasteiger partial charge is 0.310 e. The smallest absolute Gasteiger partial charge is 0.0714 e. The monoisotopic (exact) mass is 1530 g/mol. The molecule has 24 rings (SSSR count). The molecule has 5 heteroatoms. The predicted molar refractivity (Wildman–Crippen MR) is 503 cm³/mol. The fourth-order valence-electron chi connectivity index (χ4n) is 20.8. The van der Waals surface area contributed by atoms with Gasteiger partial charge in [0, 0.05) is 94.3 Å². The van der Waals surface area contributed by atoms with Crippen LogP contribution in [0.3, 0.4) is 0 Å². The highest BCUT2D eigenvalue weighted by Gasteiger charge is 2.47. The molecule has 0 saturated heterocycles. The van der Waals surface area contributed by atoms with Gasteiger partial charge < -0.3 is 23.5 Å². The molecule has 3 heterocycles. The summed E-state index contributed by atoms with van der Waals surface area (Å²) in [6, 6.07) is 159. The van der Waals surface area contributed by atoms with Gasteiger partial charge in [-0.3, -0.25) is 0 Å². The van der Waals surface area contributed by atoms with Crippen molar-refractivity contribution in [2.45, 2.75) is 43.9 Å². The van der Waals surface area contributed by atoms with E-state index in [9.17, 15) is 0 Å². The SMILES string of the molecule is CC1(C)c2cc(N(c3ccc(-c4ccccc4)cc3)c3ccc4c(c3)c3ccccc3n4-c3ccccc3)ccc2-c2ccc(-n3c4ccccc4c4ccccc43)cc21.CC1(C)c2cc(N(c3ccccc3)c3ccc4c(c3)C(c3ccccc3)(c3ccccc3)c3ccccc3-4)ccc2-c2ccc(-n3c4ccccc4c4ccccc43)cc21. The third-order valence-electron chi connectivity index (χ3n) is 26.4. The number of benzene rings is 18. The topological polar surface area (TPSA) is 21.3 Å². The van der Waals surface area contributed by atoms with E-state index in [4.69, 9.17) is 0 Å². The van der Waals surface area contributed by atoms with Gasteiger partial charge in [-0.2, -0.15) is 0 Å². The van der Waals surface area contributed by atoms with Crippen LogP contribution in [0, 0.1) is 0 Å². The Hall–Kier alpha value is -15.0. The van der Waals surface area contributed by atoms with Gasteiger partial charge in [-0.1, -0.05) is 313 Å². The Morgan fingerprint density at radius 3 is 0.933 bits per heavy atom. The lowest BCUT2D eigenvalue weighted by molar-refractivity contribution is 0.660. The molecule has 0 N–H and O–H groups in total. The van der Waals surface area contributed by atoms with Crippen molar-refractivity contribution in [3.63, 3.8) is 0 Å². The number of fused-ring (bicyclic) bond motifs is 18. The zero-order chi connectivity index (χ0) is 80.0. The molecule has 3 aliphatic rings. The lowest BCUT2D eigenvalue weighted by Crippen LogP contribution is -2.28. The van der Waals surface area contributed by atoms with Gasteiger partial charge in [0.2, 0.25) is 0 Å². The van der Waals surface area contributed by atoms with E-state index >= 15 is 0 Å².